The number of aliphatic carboxylic acids is 1. The van der Waals surface area contributed by atoms with Gasteiger partial charge in [0.05, 0.1) is 5.92 Å². The molecule has 0 fully saturated rings. The lowest BCUT2D eigenvalue weighted by Crippen LogP contribution is -2.33. The Kier molecular flexibility index (Phi) is 5.55. The number of hydrogen-bond acceptors (Lipinski definition) is 2. The van der Waals surface area contributed by atoms with Gasteiger partial charge in [-0.25, -0.2) is 0 Å². The van der Waals surface area contributed by atoms with Gasteiger partial charge in [0.1, 0.15) is 0 Å². The van der Waals surface area contributed by atoms with Crippen molar-refractivity contribution in [3.8, 4) is 0 Å². The summed E-state index contributed by atoms with van der Waals surface area (Å²) < 4.78 is 0. The maximum atomic E-state index is 12.0. The van der Waals surface area contributed by atoms with Crippen LogP contribution in [0.1, 0.15) is 41.3 Å². The molecule has 2 N–H and O–H groups in total. The Labute approximate surface area is 113 Å². The quantitative estimate of drug-likeness (QED) is 0.828. The van der Waals surface area contributed by atoms with E-state index >= 15 is 0 Å². The van der Waals surface area contributed by atoms with Gasteiger partial charge in [0.25, 0.3) is 5.91 Å². The van der Waals surface area contributed by atoms with Crippen molar-refractivity contribution in [2.24, 2.45) is 5.92 Å². The third kappa shape index (κ3) is 4.73. The molecule has 1 unspecified atom stereocenters. The van der Waals surface area contributed by atoms with E-state index in [2.05, 4.69) is 5.32 Å². The lowest BCUT2D eigenvalue weighted by atomic mass is 10.0. The van der Waals surface area contributed by atoms with Gasteiger partial charge in [0.2, 0.25) is 0 Å². The van der Waals surface area contributed by atoms with Gasteiger partial charge >= 0.3 is 5.97 Å². The van der Waals surface area contributed by atoms with Crippen molar-refractivity contribution in [1.29, 1.82) is 0 Å². The molecule has 1 rings (SSSR count). The summed E-state index contributed by atoms with van der Waals surface area (Å²) in [6, 6.07) is 5.60. The van der Waals surface area contributed by atoms with Crippen LogP contribution in [0.3, 0.4) is 0 Å². The second-order valence-electron chi connectivity index (χ2n) is 4.91. The fourth-order valence-corrected chi connectivity index (χ4v) is 2.09. The smallest absolute Gasteiger partial charge is 0.308 e. The Morgan fingerprint density at radius 2 is 1.79 bits per heavy atom. The minimum atomic E-state index is -0.859. The minimum absolute atomic E-state index is 0.176. The summed E-state index contributed by atoms with van der Waals surface area (Å²) in [4.78, 5) is 23.0. The fraction of sp³-hybridized carbons (Fsp3) is 0.467. The average Bonchev–Trinajstić information content (AvgIpc) is 2.32. The van der Waals surface area contributed by atoms with Crippen molar-refractivity contribution >= 4 is 11.9 Å². The third-order valence-electron chi connectivity index (χ3n) is 2.98. The van der Waals surface area contributed by atoms with E-state index < -0.39 is 11.9 Å². The molecule has 0 radical (unpaired) electrons. The summed E-state index contributed by atoms with van der Waals surface area (Å²) in [5.41, 5.74) is 2.63. The number of carboxylic acid groups (broad SMARTS) is 1. The first-order valence-electron chi connectivity index (χ1n) is 6.53. The Hall–Kier alpha value is -1.84. The molecule has 0 aromatic heterocycles. The zero-order valence-electron chi connectivity index (χ0n) is 11.7. The third-order valence-corrected chi connectivity index (χ3v) is 2.98. The number of carbonyl (C=O) groups is 2. The van der Waals surface area contributed by atoms with E-state index in [9.17, 15) is 9.59 Å². The summed E-state index contributed by atoms with van der Waals surface area (Å²) in [5, 5.41) is 11.7. The maximum Gasteiger partial charge on any atom is 0.308 e. The second kappa shape index (κ2) is 6.92. The standard InChI is InChI=1S/C15H21NO3/c1-4-5-12(15(18)19)9-16-14(17)13-7-10(2)6-11(3)8-13/h6-8,12H,4-5,9H2,1-3H3,(H,16,17)(H,18,19). The molecule has 0 heterocycles. The van der Waals surface area contributed by atoms with Crippen LogP contribution in [0, 0.1) is 19.8 Å². The van der Waals surface area contributed by atoms with Gasteiger partial charge < -0.3 is 10.4 Å². The molecule has 0 spiro atoms. The molecule has 104 valence electrons. The van der Waals surface area contributed by atoms with Crippen LogP contribution < -0.4 is 5.32 Å². The zero-order valence-corrected chi connectivity index (χ0v) is 11.7. The monoisotopic (exact) mass is 263 g/mol. The molecule has 0 saturated carbocycles. The molecule has 0 aliphatic carbocycles. The van der Waals surface area contributed by atoms with Crippen molar-refractivity contribution in [2.45, 2.75) is 33.6 Å². The van der Waals surface area contributed by atoms with Crippen molar-refractivity contribution in [3.05, 3.63) is 34.9 Å². The number of aryl methyl sites for hydroxylation is 2. The summed E-state index contributed by atoms with van der Waals surface area (Å²) in [6.07, 6.45) is 1.36. The van der Waals surface area contributed by atoms with E-state index in [0.29, 0.717) is 12.0 Å². The van der Waals surface area contributed by atoms with Gasteiger partial charge in [-0.3, -0.25) is 9.59 Å². The highest BCUT2D eigenvalue weighted by molar-refractivity contribution is 5.94. The van der Waals surface area contributed by atoms with Crippen LogP contribution >= 0.6 is 0 Å². The maximum absolute atomic E-state index is 12.0. The van der Waals surface area contributed by atoms with Crippen molar-refractivity contribution in [2.75, 3.05) is 6.54 Å². The van der Waals surface area contributed by atoms with Crippen LogP contribution in [0.15, 0.2) is 18.2 Å². The van der Waals surface area contributed by atoms with Gasteiger partial charge in [0, 0.05) is 12.1 Å². The Bertz CT molecular complexity index is 448. The molecule has 1 aromatic carbocycles. The van der Waals surface area contributed by atoms with Crippen molar-refractivity contribution in [1.82, 2.24) is 5.32 Å². The Balaban J connectivity index is 2.66. The molecule has 0 aliphatic rings. The van der Waals surface area contributed by atoms with Crippen molar-refractivity contribution < 1.29 is 14.7 Å². The van der Waals surface area contributed by atoms with Crippen LogP contribution in [-0.2, 0) is 4.79 Å². The first kappa shape index (κ1) is 15.2. The molecule has 19 heavy (non-hydrogen) atoms. The van der Waals surface area contributed by atoms with E-state index in [1.165, 1.54) is 0 Å². The number of amides is 1. The molecule has 4 heteroatoms. The number of benzene rings is 1. The molecule has 0 aliphatic heterocycles. The van der Waals surface area contributed by atoms with Gasteiger partial charge in [0.15, 0.2) is 0 Å². The van der Waals surface area contributed by atoms with Gasteiger partial charge in [-0.1, -0.05) is 30.5 Å². The van der Waals surface area contributed by atoms with E-state index in [0.717, 1.165) is 17.5 Å². The molecule has 1 aromatic rings. The lowest BCUT2D eigenvalue weighted by molar-refractivity contribution is -0.141. The molecule has 1 atom stereocenters. The Morgan fingerprint density at radius 1 is 1.21 bits per heavy atom. The van der Waals surface area contributed by atoms with Crippen molar-refractivity contribution in [3.63, 3.8) is 0 Å². The van der Waals surface area contributed by atoms with Gasteiger partial charge in [-0.05, 0) is 32.4 Å². The average molecular weight is 263 g/mol. The normalized spacial score (nSPS) is 11.9. The highest BCUT2D eigenvalue weighted by atomic mass is 16.4. The van der Waals surface area contributed by atoms with E-state index in [1.54, 1.807) is 12.1 Å². The first-order chi connectivity index (χ1) is 8.93. The second-order valence-corrected chi connectivity index (χ2v) is 4.91. The molecule has 1 amide bonds. The summed E-state index contributed by atoms with van der Waals surface area (Å²) in [7, 11) is 0. The van der Waals surface area contributed by atoms with Crippen LogP contribution in [0.5, 0.6) is 0 Å². The molecule has 4 nitrogen and oxygen atoms in total. The number of nitrogens with one attached hydrogen (secondary N) is 1. The van der Waals surface area contributed by atoms with Crippen LogP contribution in [0.4, 0.5) is 0 Å². The van der Waals surface area contributed by atoms with Gasteiger partial charge in [-0.2, -0.15) is 0 Å². The SMILES string of the molecule is CCCC(CNC(=O)c1cc(C)cc(C)c1)C(=O)O. The minimum Gasteiger partial charge on any atom is -0.481 e. The summed E-state index contributed by atoms with van der Waals surface area (Å²) in [6.45, 7) is 5.97. The fourth-order valence-electron chi connectivity index (χ4n) is 2.09. The lowest BCUT2D eigenvalue weighted by Gasteiger charge is -2.12. The number of carbonyl (C=O) groups excluding carboxylic acids is 1. The largest absolute Gasteiger partial charge is 0.481 e. The predicted octanol–water partition coefficient (Wildman–Crippen LogP) is 2.53. The number of carboxylic acids is 1. The highest BCUT2D eigenvalue weighted by Crippen LogP contribution is 2.10. The van der Waals surface area contributed by atoms with Crippen LogP contribution in [0.2, 0.25) is 0 Å². The summed E-state index contributed by atoms with van der Waals surface area (Å²) in [5.74, 6) is -1.59. The molecular weight excluding hydrogens is 242 g/mol. The number of hydrogen-bond donors (Lipinski definition) is 2. The predicted molar refractivity (Wildman–Crippen MR) is 74.3 cm³/mol. The molecule has 0 bridgehead atoms. The van der Waals surface area contributed by atoms with E-state index in [-0.39, 0.29) is 12.5 Å². The summed E-state index contributed by atoms with van der Waals surface area (Å²) >= 11 is 0. The van der Waals surface area contributed by atoms with Crippen LogP contribution in [0.25, 0.3) is 0 Å². The van der Waals surface area contributed by atoms with Gasteiger partial charge in [-0.15, -0.1) is 0 Å². The number of rotatable bonds is 6. The van der Waals surface area contributed by atoms with E-state index in [1.807, 2.05) is 26.8 Å². The van der Waals surface area contributed by atoms with Crippen LogP contribution in [-0.4, -0.2) is 23.5 Å². The molecule has 0 saturated heterocycles. The first-order valence-corrected chi connectivity index (χ1v) is 6.53. The zero-order chi connectivity index (χ0) is 14.4. The molecular formula is C15H21NO3. The highest BCUT2D eigenvalue weighted by Gasteiger charge is 2.17. The van der Waals surface area contributed by atoms with E-state index in [4.69, 9.17) is 5.11 Å². The topological polar surface area (TPSA) is 66.4 Å². The Morgan fingerprint density at radius 3 is 2.26 bits per heavy atom.